The zero-order chi connectivity index (χ0) is 8.27. The lowest BCUT2D eigenvalue weighted by molar-refractivity contribution is 0.328. The number of alkyl halides is 1. The molecule has 0 aromatic carbocycles. The molecule has 1 aromatic heterocycles. The van der Waals surface area contributed by atoms with E-state index < -0.39 is 6.17 Å². The third-order valence-electron chi connectivity index (χ3n) is 1.53. The Morgan fingerprint density at radius 2 is 2.45 bits per heavy atom. The van der Waals surface area contributed by atoms with Crippen molar-refractivity contribution < 1.29 is 4.39 Å². The molecule has 0 saturated carbocycles. The van der Waals surface area contributed by atoms with E-state index in [4.69, 9.17) is 5.73 Å². The molecule has 0 amide bonds. The summed E-state index contributed by atoms with van der Waals surface area (Å²) < 4.78 is 13.1. The Morgan fingerprint density at radius 1 is 1.73 bits per heavy atom. The summed E-state index contributed by atoms with van der Waals surface area (Å²) >= 11 is 1.58. The van der Waals surface area contributed by atoms with Gasteiger partial charge in [-0.25, -0.2) is 4.39 Å². The fraction of sp³-hybridized carbons (Fsp3) is 0.500. The van der Waals surface area contributed by atoms with E-state index in [-0.39, 0.29) is 0 Å². The maximum Gasteiger partial charge on any atom is 0.127 e. The average Bonchev–Trinajstić information content (AvgIpc) is 2.36. The molecule has 0 bridgehead atoms. The van der Waals surface area contributed by atoms with E-state index >= 15 is 0 Å². The summed E-state index contributed by atoms with van der Waals surface area (Å²) in [4.78, 5) is 1.15. The molecule has 1 atom stereocenters. The van der Waals surface area contributed by atoms with Crippen LogP contribution >= 0.6 is 11.3 Å². The standard InChI is InChI=1S/C8H12FNS/c1-6-4-7(5-11-6)8(9)2-3-10/h4-5,8H,2-3,10H2,1H3. The quantitative estimate of drug-likeness (QED) is 0.746. The van der Waals surface area contributed by atoms with Gasteiger partial charge >= 0.3 is 0 Å². The molecular weight excluding hydrogens is 161 g/mol. The van der Waals surface area contributed by atoms with Crippen molar-refractivity contribution in [2.45, 2.75) is 19.5 Å². The number of thiophene rings is 1. The molecule has 11 heavy (non-hydrogen) atoms. The minimum atomic E-state index is -0.870. The molecule has 1 rings (SSSR count). The van der Waals surface area contributed by atoms with Gasteiger partial charge < -0.3 is 5.73 Å². The summed E-state index contributed by atoms with van der Waals surface area (Å²) in [5.74, 6) is 0. The van der Waals surface area contributed by atoms with E-state index in [1.54, 1.807) is 11.3 Å². The molecule has 0 saturated heterocycles. The number of hydrogen-bond acceptors (Lipinski definition) is 2. The van der Waals surface area contributed by atoms with Gasteiger partial charge in [-0.2, -0.15) is 0 Å². The van der Waals surface area contributed by atoms with Crippen LogP contribution < -0.4 is 5.73 Å². The predicted octanol–water partition coefficient (Wildman–Crippen LogP) is 2.42. The van der Waals surface area contributed by atoms with Gasteiger partial charge in [0.1, 0.15) is 6.17 Å². The van der Waals surface area contributed by atoms with E-state index in [2.05, 4.69) is 0 Å². The van der Waals surface area contributed by atoms with Crippen molar-refractivity contribution >= 4 is 11.3 Å². The third-order valence-corrected chi connectivity index (χ3v) is 2.41. The molecule has 1 heterocycles. The zero-order valence-electron chi connectivity index (χ0n) is 6.51. The molecule has 0 spiro atoms. The van der Waals surface area contributed by atoms with Crippen molar-refractivity contribution in [3.05, 3.63) is 21.9 Å². The molecule has 3 heteroatoms. The summed E-state index contributed by atoms with van der Waals surface area (Å²) in [6.07, 6.45) is -0.444. The highest BCUT2D eigenvalue weighted by Gasteiger charge is 2.09. The molecule has 2 N–H and O–H groups in total. The maximum atomic E-state index is 13.1. The SMILES string of the molecule is Cc1cc(C(F)CCN)cs1. The number of halogens is 1. The molecule has 0 aliphatic carbocycles. The van der Waals surface area contributed by atoms with Crippen LogP contribution in [0.3, 0.4) is 0 Å². The van der Waals surface area contributed by atoms with Crippen molar-refractivity contribution in [3.8, 4) is 0 Å². The fourth-order valence-corrected chi connectivity index (χ4v) is 1.68. The minimum absolute atomic E-state index is 0.413. The van der Waals surface area contributed by atoms with Crippen LogP contribution in [0.5, 0.6) is 0 Å². The summed E-state index contributed by atoms with van der Waals surface area (Å²) in [7, 11) is 0. The zero-order valence-corrected chi connectivity index (χ0v) is 7.33. The van der Waals surface area contributed by atoms with Crippen molar-refractivity contribution in [1.29, 1.82) is 0 Å². The summed E-state index contributed by atoms with van der Waals surface area (Å²) in [6, 6.07) is 1.88. The van der Waals surface area contributed by atoms with Crippen LogP contribution in [0.4, 0.5) is 4.39 Å². The lowest BCUT2D eigenvalue weighted by atomic mass is 10.1. The third kappa shape index (κ3) is 2.27. The van der Waals surface area contributed by atoms with Crippen LogP contribution in [0.2, 0.25) is 0 Å². The Labute approximate surface area is 70.0 Å². The van der Waals surface area contributed by atoms with Gasteiger partial charge in [0.25, 0.3) is 0 Å². The van der Waals surface area contributed by atoms with Crippen molar-refractivity contribution in [3.63, 3.8) is 0 Å². The number of nitrogens with two attached hydrogens (primary N) is 1. The Balaban J connectivity index is 2.60. The largest absolute Gasteiger partial charge is 0.330 e. The second-order valence-electron chi connectivity index (χ2n) is 2.54. The normalized spacial score (nSPS) is 13.4. The predicted molar refractivity (Wildman–Crippen MR) is 46.6 cm³/mol. The second-order valence-corrected chi connectivity index (χ2v) is 3.65. The number of hydrogen-bond donors (Lipinski definition) is 1. The van der Waals surface area contributed by atoms with E-state index in [0.717, 1.165) is 10.4 Å². The van der Waals surface area contributed by atoms with Crippen LogP contribution in [0.15, 0.2) is 11.4 Å². The lowest BCUT2D eigenvalue weighted by Crippen LogP contribution is -2.02. The van der Waals surface area contributed by atoms with E-state index in [1.165, 1.54) is 0 Å². The van der Waals surface area contributed by atoms with E-state index in [1.807, 2.05) is 18.4 Å². The smallest absolute Gasteiger partial charge is 0.127 e. The van der Waals surface area contributed by atoms with Gasteiger partial charge in [0, 0.05) is 4.88 Å². The van der Waals surface area contributed by atoms with Gasteiger partial charge in [-0.15, -0.1) is 11.3 Å². The molecule has 0 radical (unpaired) electrons. The van der Waals surface area contributed by atoms with Gasteiger partial charge in [-0.1, -0.05) is 0 Å². The van der Waals surface area contributed by atoms with Gasteiger partial charge in [0.05, 0.1) is 0 Å². The van der Waals surface area contributed by atoms with Gasteiger partial charge in [-0.05, 0) is 36.9 Å². The number of rotatable bonds is 3. The van der Waals surface area contributed by atoms with Crippen molar-refractivity contribution in [2.75, 3.05) is 6.54 Å². The fourth-order valence-electron chi connectivity index (χ4n) is 0.941. The maximum absolute atomic E-state index is 13.1. The molecule has 0 aliphatic heterocycles. The molecule has 62 valence electrons. The highest BCUT2D eigenvalue weighted by atomic mass is 32.1. The first kappa shape index (κ1) is 8.68. The molecule has 1 unspecified atom stereocenters. The summed E-state index contributed by atoms with van der Waals surface area (Å²) in [6.45, 7) is 2.39. The van der Waals surface area contributed by atoms with Crippen LogP contribution in [-0.4, -0.2) is 6.54 Å². The second kappa shape index (κ2) is 3.83. The average molecular weight is 173 g/mol. The molecule has 0 aliphatic rings. The number of aryl methyl sites for hydroxylation is 1. The van der Waals surface area contributed by atoms with Crippen LogP contribution in [0.1, 0.15) is 23.0 Å². The van der Waals surface area contributed by atoms with Crippen LogP contribution in [0.25, 0.3) is 0 Å². The minimum Gasteiger partial charge on any atom is -0.330 e. The first-order valence-corrected chi connectivity index (χ1v) is 4.51. The highest BCUT2D eigenvalue weighted by molar-refractivity contribution is 7.10. The monoisotopic (exact) mass is 173 g/mol. The van der Waals surface area contributed by atoms with E-state index in [0.29, 0.717) is 13.0 Å². The molecule has 0 fully saturated rings. The Morgan fingerprint density at radius 3 is 2.91 bits per heavy atom. The van der Waals surface area contributed by atoms with E-state index in [9.17, 15) is 4.39 Å². The van der Waals surface area contributed by atoms with Crippen LogP contribution in [-0.2, 0) is 0 Å². The summed E-state index contributed by atoms with van der Waals surface area (Å²) in [5, 5.41) is 1.86. The lowest BCUT2D eigenvalue weighted by Gasteiger charge is -2.01. The van der Waals surface area contributed by atoms with Gasteiger partial charge in [0.2, 0.25) is 0 Å². The first-order valence-electron chi connectivity index (χ1n) is 3.63. The molecule has 1 nitrogen and oxygen atoms in total. The highest BCUT2D eigenvalue weighted by Crippen LogP contribution is 2.25. The van der Waals surface area contributed by atoms with Crippen molar-refractivity contribution in [2.24, 2.45) is 5.73 Å². The van der Waals surface area contributed by atoms with Crippen LogP contribution in [0, 0.1) is 6.92 Å². The Kier molecular flexibility index (Phi) is 3.02. The summed E-state index contributed by atoms with van der Waals surface area (Å²) in [5.41, 5.74) is 6.01. The van der Waals surface area contributed by atoms with Gasteiger partial charge in [-0.3, -0.25) is 0 Å². The molecule has 1 aromatic rings. The Bertz CT molecular complexity index is 222. The first-order chi connectivity index (χ1) is 5.24. The Hall–Kier alpha value is -0.410. The van der Waals surface area contributed by atoms with Crippen molar-refractivity contribution in [1.82, 2.24) is 0 Å². The molecular formula is C8H12FNS. The van der Waals surface area contributed by atoms with Gasteiger partial charge in [0.15, 0.2) is 0 Å². The topological polar surface area (TPSA) is 26.0 Å².